The summed E-state index contributed by atoms with van der Waals surface area (Å²) in [7, 11) is 0. The molecule has 1 aromatic rings. The largest absolute Gasteiger partial charge is 0.478 e. The van der Waals surface area contributed by atoms with Crippen molar-refractivity contribution in [2.45, 2.75) is 26.2 Å². The maximum atomic E-state index is 13.9. The lowest BCUT2D eigenvalue weighted by Crippen LogP contribution is -2.40. The summed E-state index contributed by atoms with van der Waals surface area (Å²) < 4.78 is 13.9. The standard InChI is InChI=1S/C16H18FNO3/c1-16(7-2-8-16)10-18-15(21)12-5-3-11(9-13(12)17)4-6-14(19)20/h3-6,9H,2,7-8,10H2,1H3,(H,18,21)(H,19,20)/b6-4+. The summed E-state index contributed by atoms with van der Waals surface area (Å²) in [5.74, 6) is -2.20. The lowest BCUT2D eigenvalue weighted by Gasteiger charge is -2.38. The van der Waals surface area contributed by atoms with Crippen LogP contribution in [-0.2, 0) is 4.79 Å². The zero-order chi connectivity index (χ0) is 15.5. The molecule has 2 rings (SSSR count). The molecule has 0 radical (unpaired) electrons. The fourth-order valence-electron chi connectivity index (χ4n) is 2.33. The van der Waals surface area contributed by atoms with Gasteiger partial charge in [-0.15, -0.1) is 0 Å². The molecule has 0 heterocycles. The Hall–Kier alpha value is -2.17. The average molecular weight is 291 g/mol. The van der Waals surface area contributed by atoms with Crippen LogP contribution in [0.15, 0.2) is 24.3 Å². The van der Waals surface area contributed by atoms with Crippen LogP contribution in [-0.4, -0.2) is 23.5 Å². The predicted molar refractivity (Wildman–Crippen MR) is 77.4 cm³/mol. The monoisotopic (exact) mass is 291 g/mol. The van der Waals surface area contributed by atoms with Crippen LogP contribution >= 0.6 is 0 Å². The number of carbonyl (C=O) groups is 2. The highest BCUT2D eigenvalue weighted by Crippen LogP contribution is 2.39. The molecule has 0 aromatic heterocycles. The number of nitrogens with one attached hydrogen (secondary N) is 1. The average Bonchev–Trinajstić information content (AvgIpc) is 2.40. The molecular weight excluding hydrogens is 273 g/mol. The van der Waals surface area contributed by atoms with Gasteiger partial charge in [0.05, 0.1) is 5.56 Å². The highest BCUT2D eigenvalue weighted by Gasteiger charge is 2.32. The SMILES string of the molecule is CC1(CNC(=O)c2ccc(/C=C/C(=O)O)cc2F)CCC1. The first-order valence-electron chi connectivity index (χ1n) is 6.88. The van der Waals surface area contributed by atoms with Gasteiger partial charge in [-0.2, -0.15) is 0 Å². The van der Waals surface area contributed by atoms with Gasteiger partial charge in [0.25, 0.3) is 5.91 Å². The van der Waals surface area contributed by atoms with Crippen LogP contribution in [0.25, 0.3) is 6.08 Å². The number of hydrogen-bond donors (Lipinski definition) is 2. The van der Waals surface area contributed by atoms with Crippen molar-refractivity contribution in [3.63, 3.8) is 0 Å². The number of carbonyl (C=O) groups excluding carboxylic acids is 1. The van der Waals surface area contributed by atoms with E-state index in [1.807, 2.05) is 0 Å². The van der Waals surface area contributed by atoms with Crippen LogP contribution in [0.5, 0.6) is 0 Å². The summed E-state index contributed by atoms with van der Waals surface area (Å²) >= 11 is 0. The van der Waals surface area contributed by atoms with Crippen LogP contribution in [0, 0.1) is 11.2 Å². The van der Waals surface area contributed by atoms with Crippen molar-refractivity contribution in [3.05, 3.63) is 41.2 Å². The Labute approximate surface area is 122 Å². The number of carboxylic acids is 1. The van der Waals surface area contributed by atoms with Crippen LogP contribution in [0.3, 0.4) is 0 Å². The van der Waals surface area contributed by atoms with Gasteiger partial charge in [-0.05, 0) is 42.0 Å². The van der Waals surface area contributed by atoms with Gasteiger partial charge in [0.15, 0.2) is 0 Å². The van der Waals surface area contributed by atoms with E-state index in [0.29, 0.717) is 12.1 Å². The van der Waals surface area contributed by atoms with Crippen LogP contribution in [0.4, 0.5) is 4.39 Å². The number of halogens is 1. The minimum Gasteiger partial charge on any atom is -0.478 e. The molecule has 0 aliphatic heterocycles. The topological polar surface area (TPSA) is 66.4 Å². The first-order valence-corrected chi connectivity index (χ1v) is 6.88. The Morgan fingerprint density at radius 3 is 2.67 bits per heavy atom. The fourth-order valence-corrected chi connectivity index (χ4v) is 2.33. The van der Waals surface area contributed by atoms with E-state index in [1.54, 1.807) is 0 Å². The smallest absolute Gasteiger partial charge is 0.328 e. The van der Waals surface area contributed by atoms with E-state index in [4.69, 9.17) is 5.11 Å². The van der Waals surface area contributed by atoms with Gasteiger partial charge in [-0.25, -0.2) is 9.18 Å². The lowest BCUT2D eigenvalue weighted by molar-refractivity contribution is -0.131. The highest BCUT2D eigenvalue weighted by molar-refractivity contribution is 5.94. The zero-order valence-electron chi connectivity index (χ0n) is 11.9. The maximum absolute atomic E-state index is 13.9. The molecule has 21 heavy (non-hydrogen) atoms. The number of aliphatic carboxylic acids is 1. The Bertz CT molecular complexity index is 591. The Kier molecular flexibility index (Phi) is 4.40. The van der Waals surface area contributed by atoms with E-state index >= 15 is 0 Å². The molecule has 1 fully saturated rings. The molecule has 1 aliphatic carbocycles. The molecule has 1 aromatic carbocycles. The molecule has 5 heteroatoms. The fraction of sp³-hybridized carbons (Fsp3) is 0.375. The van der Waals surface area contributed by atoms with E-state index in [1.165, 1.54) is 24.6 Å². The van der Waals surface area contributed by atoms with Crippen molar-refractivity contribution in [3.8, 4) is 0 Å². The highest BCUT2D eigenvalue weighted by atomic mass is 19.1. The van der Waals surface area contributed by atoms with Crippen molar-refractivity contribution < 1.29 is 19.1 Å². The third kappa shape index (κ3) is 3.90. The number of rotatable bonds is 5. The minimum atomic E-state index is -1.11. The van der Waals surface area contributed by atoms with Gasteiger partial charge in [0, 0.05) is 12.6 Å². The van der Waals surface area contributed by atoms with E-state index in [9.17, 15) is 14.0 Å². The summed E-state index contributed by atoms with van der Waals surface area (Å²) in [6.45, 7) is 2.65. The first-order chi connectivity index (χ1) is 9.89. The Morgan fingerprint density at radius 2 is 2.14 bits per heavy atom. The van der Waals surface area contributed by atoms with Crippen molar-refractivity contribution >= 4 is 18.0 Å². The van der Waals surface area contributed by atoms with Crippen LogP contribution in [0.2, 0.25) is 0 Å². The normalized spacial score (nSPS) is 16.5. The van der Waals surface area contributed by atoms with Crippen molar-refractivity contribution in [2.75, 3.05) is 6.54 Å². The van der Waals surface area contributed by atoms with E-state index in [-0.39, 0.29) is 11.0 Å². The van der Waals surface area contributed by atoms with Gasteiger partial charge in [0.1, 0.15) is 5.82 Å². The molecule has 1 saturated carbocycles. The summed E-state index contributed by atoms with van der Waals surface area (Å²) in [5, 5.41) is 11.3. The molecule has 112 valence electrons. The molecule has 0 atom stereocenters. The molecule has 4 nitrogen and oxygen atoms in total. The van der Waals surface area contributed by atoms with Crippen molar-refractivity contribution in [2.24, 2.45) is 5.41 Å². The van der Waals surface area contributed by atoms with E-state index < -0.39 is 17.7 Å². The molecule has 0 bridgehead atoms. The van der Waals surface area contributed by atoms with Gasteiger partial charge in [-0.3, -0.25) is 4.79 Å². The summed E-state index contributed by atoms with van der Waals surface area (Å²) in [5.41, 5.74) is 0.513. The third-order valence-electron chi connectivity index (χ3n) is 3.89. The number of benzene rings is 1. The number of amides is 1. The second-order valence-electron chi connectivity index (χ2n) is 5.76. The molecular formula is C16H18FNO3. The molecule has 0 saturated heterocycles. The van der Waals surface area contributed by atoms with Crippen LogP contribution in [0.1, 0.15) is 42.1 Å². The summed E-state index contributed by atoms with van der Waals surface area (Å²) in [6, 6.07) is 4.04. The number of carboxylic acid groups (broad SMARTS) is 1. The maximum Gasteiger partial charge on any atom is 0.328 e. The van der Waals surface area contributed by atoms with Crippen molar-refractivity contribution in [1.82, 2.24) is 5.32 Å². The van der Waals surface area contributed by atoms with Gasteiger partial charge >= 0.3 is 5.97 Å². The minimum absolute atomic E-state index is 0.0228. The lowest BCUT2D eigenvalue weighted by atomic mass is 9.70. The van der Waals surface area contributed by atoms with Crippen molar-refractivity contribution in [1.29, 1.82) is 0 Å². The first kappa shape index (κ1) is 15.2. The summed E-state index contributed by atoms with van der Waals surface area (Å²) in [4.78, 5) is 22.4. The third-order valence-corrected chi connectivity index (χ3v) is 3.89. The Balaban J connectivity index is 2.02. The zero-order valence-corrected chi connectivity index (χ0v) is 11.9. The molecule has 1 aliphatic rings. The van der Waals surface area contributed by atoms with E-state index in [0.717, 1.165) is 25.0 Å². The second kappa shape index (κ2) is 6.08. The van der Waals surface area contributed by atoms with Gasteiger partial charge < -0.3 is 10.4 Å². The number of hydrogen-bond acceptors (Lipinski definition) is 2. The quantitative estimate of drug-likeness (QED) is 0.820. The Morgan fingerprint density at radius 1 is 1.43 bits per heavy atom. The van der Waals surface area contributed by atoms with Gasteiger partial charge in [0.2, 0.25) is 0 Å². The van der Waals surface area contributed by atoms with E-state index in [2.05, 4.69) is 12.2 Å². The second-order valence-corrected chi connectivity index (χ2v) is 5.76. The molecule has 0 unspecified atom stereocenters. The molecule has 2 N–H and O–H groups in total. The van der Waals surface area contributed by atoms with Gasteiger partial charge in [-0.1, -0.05) is 19.4 Å². The molecule has 0 spiro atoms. The van der Waals surface area contributed by atoms with Crippen LogP contribution < -0.4 is 5.32 Å². The predicted octanol–water partition coefficient (Wildman–Crippen LogP) is 2.84. The summed E-state index contributed by atoms with van der Waals surface area (Å²) in [6.07, 6.45) is 5.53. The molecule has 1 amide bonds.